The molecule has 96 valence electrons. The minimum absolute atomic E-state index is 0.0886. The van der Waals surface area contributed by atoms with Gasteiger partial charge >= 0.3 is 5.97 Å². The molecule has 2 amide bonds. The molecule has 0 aliphatic rings. The molecule has 1 aromatic rings. The smallest absolute Gasteiger partial charge is 0.326 e. The number of primary amides is 1. The Hall–Kier alpha value is -2.44. The van der Waals surface area contributed by atoms with Crippen molar-refractivity contribution in [3.8, 4) is 0 Å². The number of nitrogens with one attached hydrogen (secondary N) is 1. The maximum Gasteiger partial charge on any atom is 0.326 e. The molecule has 0 aliphatic heterocycles. The fourth-order valence-electron chi connectivity index (χ4n) is 1.30. The molecule has 0 saturated heterocycles. The van der Waals surface area contributed by atoms with Crippen LogP contribution in [0.15, 0.2) is 18.2 Å². The second kappa shape index (κ2) is 5.76. The molecule has 1 atom stereocenters. The van der Waals surface area contributed by atoms with E-state index in [0.29, 0.717) is 5.69 Å². The monoisotopic (exact) mass is 251 g/mol. The van der Waals surface area contributed by atoms with Gasteiger partial charge in [-0.3, -0.25) is 9.59 Å². The minimum Gasteiger partial charge on any atom is -0.480 e. The molecule has 0 fully saturated rings. The van der Waals surface area contributed by atoms with Crippen LogP contribution in [0.3, 0.4) is 0 Å². The summed E-state index contributed by atoms with van der Waals surface area (Å²) in [5, 5.41) is 11.0. The maximum atomic E-state index is 11.7. The molecule has 0 unspecified atom stereocenters. The van der Waals surface area contributed by atoms with E-state index in [0.717, 1.165) is 0 Å². The second-order valence-electron chi connectivity index (χ2n) is 3.70. The zero-order chi connectivity index (χ0) is 13.7. The third kappa shape index (κ3) is 3.85. The van der Waals surface area contributed by atoms with Crippen LogP contribution in [-0.2, 0) is 9.59 Å². The number of aryl methyl sites for hydroxylation is 1. The summed E-state index contributed by atoms with van der Waals surface area (Å²) < 4.78 is 0. The van der Waals surface area contributed by atoms with Gasteiger partial charge in [-0.15, -0.1) is 0 Å². The number of carboxylic acids is 1. The van der Waals surface area contributed by atoms with Gasteiger partial charge in [0.1, 0.15) is 11.7 Å². The van der Waals surface area contributed by atoms with Gasteiger partial charge in [-0.25, -0.2) is 9.78 Å². The van der Waals surface area contributed by atoms with Crippen LogP contribution in [0.5, 0.6) is 0 Å². The Balaban J connectivity index is 2.78. The van der Waals surface area contributed by atoms with Crippen LogP contribution >= 0.6 is 0 Å². The third-order valence-electron chi connectivity index (χ3n) is 2.13. The van der Waals surface area contributed by atoms with Gasteiger partial charge < -0.3 is 16.2 Å². The summed E-state index contributed by atoms with van der Waals surface area (Å²) >= 11 is 0. The van der Waals surface area contributed by atoms with Crippen molar-refractivity contribution in [2.24, 2.45) is 5.73 Å². The molecule has 18 heavy (non-hydrogen) atoms. The van der Waals surface area contributed by atoms with Crippen LogP contribution in [0, 0.1) is 6.92 Å². The van der Waals surface area contributed by atoms with Crippen molar-refractivity contribution in [3.63, 3.8) is 0 Å². The summed E-state index contributed by atoms with van der Waals surface area (Å²) in [6.45, 7) is 1.70. The van der Waals surface area contributed by atoms with Crippen LogP contribution in [0.2, 0.25) is 0 Å². The number of carbonyl (C=O) groups excluding carboxylic acids is 2. The van der Waals surface area contributed by atoms with E-state index in [9.17, 15) is 14.4 Å². The molecule has 1 aromatic heterocycles. The summed E-state index contributed by atoms with van der Waals surface area (Å²) in [6, 6.07) is 3.43. The van der Waals surface area contributed by atoms with Gasteiger partial charge in [0.15, 0.2) is 0 Å². The van der Waals surface area contributed by atoms with Crippen molar-refractivity contribution in [2.75, 3.05) is 0 Å². The predicted octanol–water partition coefficient (Wildman–Crippen LogP) is -0.552. The van der Waals surface area contributed by atoms with Crippen molar-refractivity contribution >= 4 is 17.8 Å². The summed E-state index contributed by atoms with van der Waals surface area (Å²) in [5.74, 6) is -2.79. The normalized spacial score (nSPS) is 11.6. The molecule has 0 aromatic carbocycles. The highest BCUT2D eigenvalue weighted by molar-refractivity contribution is 5.96. The molecule has 7 heteroatoms. The van der Waals surface area contributed by atoms with E-state index in [2.05, 4.69) is 10.3 Å². The number of carboxylic acid groups (broad SMARTS) is 1. The van der Waals surface area contributed by atoms with E-state index in [1.54, 1.807) is 19.1 Å². The first-order valence-corrected chi connectivity index (χ1v) is 5.16. The van der Waals surface area contributed by atoms with E-state index < -0.39 is 30.2 Å². The standard InChI is InChI=1S/C11H13N3O4/c1-6-3-2-4-7(13-6)10(16)14-8(11(17)18)5-9(12)15/h2-4,8H,5H2,1H3,(H2,12,15)(H,14,16)(H,17,18)/t8-/m1/s1. The van der Waals surface area contributed by atoms with Gasteiger partial charge in [0.2, 0.25) is 5.91 Å². The molecule has 0 bridgehead atoms. The molecule has 1 heterocycles. The molecule has 0 saturated carbocycles. The topological polar surface area (TPSA) is 122 Å². The lowest BCUT2D eigenvalue weighted by atomic mass is 10.2. The third-order valence-corrected chi connectivity index (χ3v) is 2.13. The summed E-state index contributed by atoms with van der Waals surface area (Å²) in [7, 11) is 0. The molecule has 1 rings (SSSR count). The fraction of sp³-hybridized carbons (Fsp3) is 0.273. The van der Waals surface area contributed by atoms with Crippen LogP contribution in [0.25, 0.3) is 0 Å². The number of amides is 2. The van der Waals surface area contributed by atoms with E-state index in [-0.39, 0.29) is 5.69 Å². The molecular formula is C11H13N3O4. The van der Waals surface area contributed by atoms with E-state index >= 15 is 0 Å². The Kier molecular flexibility index (Phi) is 4.36. The predicted molar refractivity (Wildman–Crippen MR) is 61.7 cm³/mol. The quantitative estimate of drug-likeness (QED) is 0.648. The van der Waals surface area contributed by atoms with E-state index in [4.69, 9.17) is 10.8 Å². The van der Waals surface area contributed by atoms with Crippen LogP contribution in [-0.4, -0.2) is 33.9 Å². The molecule has 0 aliphatic carbocycles. The largest absolute Gasteiger partial charge is 0.480 e. The first-order chi connectivity index (χ1) is 8.40. The van der Waals surface area contributed by atoms with Gasteiger partial charge in [-0.2, -0.15) is 0 Å². The number of aromatic nitrogens is 1. The fourth-order valence-corrected chi connectivity index (χ4v) is 1.30. The summed E-state index contributed by atoms with van der Waals surface area (Å²) in [4.78, 5) is 37.2. The van der Waals surface area contributed by atoms with Crippen molar-refractivity contribution < 1.29 is 19.5 Å². The highest BCUT2D eigenvalue weighted by atomic mass is 16.4. The minimum atomic E-state index is -1.35. The SMILES string of the molecule is Cc1cccc(C(=O)N[C@H](CC(N)=O)C(=O)O)n1. The first-order valence-electron chi connectivity index (χ1n) is 5.16. The highest BCUT2D eigenvalue weighted by Gasteiger charge is 2.23. The lowest BCUT2D eigenvalue weighted by Crippen LogP contribution is -2.43. The summed E-state index contributed by atoms with van der Waals surface area (Å²) in [5.41, 5.74) is 5.62. The first kappa shape index (κ1) is 13.6. The highest BCUT2D eigenvalue weighted by Crippen LogP contribution is 2.00. The maximum absolute atomic E-state index is 11.7. The zero-order valence-corrected chi connectivity index (χ0v) is 9.71. The number of pyridine rings is 1. The van der Waals surface area contributed by atoms with Crippen LogP contribution in [0.4, 0.5) is 0 Å². The Morgan fingerprint density at radius 2 is 2.11 bits per heavy atom. The lowest BCUT2D eigenvalue weighted by molar-refractivity contribution is -0.140. The average molecular weight is 251 g/mol. The average Bonchev–Trinajstić information content (AvgIpc) is 2.27. The number of nitrogens with two attached hydrogens (primary N) is 1. The van der Waals surface area contributed by atoms with Gasteiger partial charge in [0, 0.05) is 5.69 Å². The van der Waals surface area contributed by atoms with Crippen LogP contribution < -0.4 is 11.1 Å². The van der Waals surface area contributed by atoms with E-state index in [1.165, 1.54) is 6.07 Å². The zero-order valence-electron chi connectivity index (χ0n) is 9.71. The van der Waals surface area contributed by atoms with Crippen molar-refractivity contribution in [1.82, 2.24) is 10.3 Å². The number of aliphatic carboxylic acids is 1. The molecular weight excluding hydrogens is 238 g/mol. The lowest BCUT2D eigenvalue weighted by Gasteiger charge is -2.12. The van der Waals surface area contributed by atoms with Crippen molar-refractivity contribution in [1.29, 1.82) is 0 Å². The molecule has 4 N–H and O–H groups in total. The Morgan fingerprint density at radius 3 is 2.61 bits per heavy atom. The molecule has 7 nitrogen and oxygen atoms in total. The van der Waals surface area contributed by atoms with Gasteiger partial charge in [-0.1, -0.05) is 6.07 Å². The number of hydrogen-bond donors (Lipinski definition) is 3. The second-order valence-corrected chi connectivity index (χ2v) is 3.70. The number of hydrogen-bond acceptors (Lipinski definition) is 4. The number of nitrogens with zero attached hydrogens (tertiary/aromatic N) is 1. The number of rotatable bonds is 5. The summed E-state index contributed by atoms with van der Waals surface area (Å²) in [6.07, 6.45) is -0.465. The van der Waals surface area contributed by atoms with Crippen molar-refractivity contribution in [2.45, 2.75) is 19.4 Å². The Bertz CT molecular complexity index is 487. The Labute approximate surface area is 103 Å². The molecule has 0 spiro atoms. The van der Waals surface area contributed by atoms with Gasteiger partial charge in [0.25, 0.3) is 5.91 Å². The van der Waals surface area contributed by atoms with Crippen molar-refractivity contribution in [3.05, 3.63) is 29.6 Å². The van der Waals surface area contributed by atoms with E-state index in [1.807, 2.05) is 0 Å². The van der Waals surface area contributed by atoms with Crippen LogP contribution in [0.1, 0.15) is 22.6 Å². The van der Waals surface area contributed by atoms with Gasteiger partial charge in [-0.05, 0) is 19.1 Å². The van der Waals surface area contributed by atoms with Gasteiger partial charge in [0.05, 0.1) is 6.42 Å². The number of carbonyl (C=O) groups is 3. The Morgan fingerprint density at radius 1 is 1.44 bits per heavy atom. The molecule has 0 radical (unpaired) electrons.